The van der Waals surface area contributed by atoms with Crippen LogP contribution >= 0.6 is 0 Å². The zero-order chi connectivity index (χ0) is 18.8. The Balaban J connectivity index is 1.43. The molecule has 2 aromatic carbocycles. The smallest absolute Gasteiger partial charge is 0.230 e. The zero-order valence-corrected chi connectivity index (χ0v) is 15.1. The molecule has 0 unspecified atom stereocenters. The van der Waals surface area contributed by atoms with E-state index in [0.717, 1.165) is 22.3 Å². The van der Waals surface area contributed by atoms with Crippen molar-refractivity contribution < 1.29 is 13.7 Å². The molecule has 0 atom stereocenters. The van der Waals surface area contributed by atoms with Gasteiger partial charge in [-0.15, -0.1) is 0 Å². The summed E-state index contributed by atoms with van der Waals surface area (Å²) in [7, 11) is 3.94. The first-order chi connectivity index (χ1) is 13.1. The van der Waals surface area contributed by atoms with Gasteiger partial charge in [0.05, 0.1) is 12.1 Å². The number of rotatable bonds is 5. The van der Waals surface area contributed by atoms with E-state index >= 15 is 0 Å². The van der Waals surface area contributed by atoms with Gasteiger partial charge in [0, 0.05) is 36.9 Å². The first-order valence-corrected chi connectivity index (χ1v) is 8.60. The van der Waals surface area contributed by atoms with E-state index in [1.54, 1.807) is 6.07 Å². The maximum atomic E-state index is 12.3. The van der Waals surface area contributed by atoms with Gasteiger partial charge >= 0.3 is 0 Å². The van der Waals surface area contributed by atoms with Crippen molar-refractivity contribution >= 4 is 28.3 Å². The number of carbonyl (C=O) groups excluding carboxylic acids is 1. The van der Waals surface area contributed by atoms with Crippen molar-refractivity contribution in [3.8, 4) is 11.5 Å². The fourth-order valence-electron chi connectivity index (χ4n) is 2.83. The largest absolute Gasteiger partial charge is 0.453 e. The number of para-hydroxylation sites is 1. The molecule has 136 valence electrons. The van der Waals surface area contributed by atoms with Gasteiger partial charge in [-0.05, 0) is 36.4 Å². The number of hydrogen-bond acceptors (Lipinski definition) is 5. The van der Waals surface area contributed by atoms with E-state index in [2.05, 4.69) is 10.5 Å². The van der Waals surface area contributed by atoms with Crippen molar-refractivity contribution in [3.63, 3.8) is 0 Å². The van der Waals surface area contributed by atoms with Crippen molar-refractivity contribution in [1.29, 1.82) is 0 Å². The highest BCUT2D eigenvalue weighted by atomic mass is 16.5. The molecule has 0 aliphatic carbocycles. The number of amides is 1. The monoisotopic (exact) mass is 361 g/mol. The summed E-state index contributed by atoms with van der Waals surface area (Å²) >= 11 is 0. The molecule has 27 heavy (non-hydrogen) atoms. The molecule has 2 aromatic heterocycles. The van der Waals surface area contributed by atoms with Gasteiger partial charge in [-0.1, -0.05) is 23.4 Å². The summed E-state index contributed by atoms with van der Waals surface area (Å²) in [5, 5.41) is 7.83. The molecule has 4 aromatic rings. The fraction of sp³-hybridized carbons (Fsp3) is 0.143. The minimum Gasteiger partial charge on any atom is -0.453 e. The molecule has 0 bridgehead atoms. The van der Waals surface area contributed by atoms with E-state index < -0.39 is 0 Å². The lowest BCUT2D eigenvalue weighted by Gasteiger charge is -2.12. The summed E-state index contributed by atoms with van der Waals surface area (Å²) in [6.07, 6.45) is 0.124. The molecule has 1 amide bonds. The first-order valence-electron chi connectivity index (χ1n) is 8.60. The summed E-state index contributed by atoms with van der Waals surface area (Å²) in [5.74, 6) is 0.941. The van der Waals surface area contributed by atoms with Crippen LogP contribution in [0.4, 0.5) is 11.4 Å². The summed E-state index contributed by atoms with van der Waals surface area (Å²) < 4.78 is 11.1. The third-order valence-corrected chi connectivity index (χ3v) is 4.24. The normalized spacial score (nSPS) is 10.9. The van der Waals surface area contributed by atoms with E-state index in [-0.39, 0.29) is 12.3 Å². The highest BCUT2D eigenvalue weighted by Gasteiger charge is 2.14. The highest BCUT2D eigenvalue weighted by Crippen LogP contribution is 2.28. The molecule has 1 N–H and O–H groups in total. The molecule has 6 heteroatoms. The number of furan rings is 1. The third-order valence-electron chi connectivity index (χ3n) is 4.24. The Kier molecular flexibility index (Phi) is 4.38. The second kappa shape index (κ2) is 6.99. The average Bonchev–Trinajstić information content (AvgIpc) is 3.28. The Bertz CT molecular complexity index is 1040. The molecule has 0 saturated heterocycles. The van der Waals surface area contributed by atoms with Crippen LogP contribution in [0, 0.1) is 0 Å². The lowest BCUT2D eigenvalue weighted by atomic mass is 10.2. The molecule has 4 rings (SSSR count). The van der Waals surface area contributed by atoms with Crippen molar-refractivity contribution in [2.45, 2.75) is 6.42 Å². The van der Waals surface area contributed by atoms with Crippen LogP contribution in [0.25, 0.3) is 22.5 Å². The lowest BCUT2D eigenvalue weighted by molar-refractivity contribution is -0.115. The van der Waals surface area contributed by atoms with E-state index in [0.29, 0.717) is 17.2 Å². The molecule has 0 radical (unpaired) electrons. The number of benzene rings is 2. The number of nitrogens with one attached hydrogen (secondary N) is 1. The zero-order valence-electron chi connectivity index (χ0n) is 15.1. The van der Waals surface area contributed by atoms with Gasteiger partial charge in [-0.25, -0.2) is 0 Å². The molecular weight excluding hydrogens is 342 g/mol. The van der Waals surface area contributed by atoms with Crippen LogP contribution in [0.2, 0.25) is 0 Å². The maximum absolute atomic E-state index is 12.3. The predicted octanol–water partition coefficient (Wildman–Crippen LogP) is 4.34. The number of hydrogen-bond donors (Lipinski definition) is 1. The highest BCUT2D eigenvalue weighted by molar-refractivity contribution is 5.92. The SMILES string of the molecule is CN(C)c1ccc(NC(=O)Cc2cc(-c3cc4ccccc4o3)on2)cc1. The Morgan fingerprint density at radius 1 is 1.04 bits per heavy atom. The Hall–Kier alpha value is -3.54. The second-order valence-electron chi connectivity index (χ2n) is 6.50. The van der Waals surface area contributed by atoms with E-state index in [9.17, 15) is 4.79 Å². The maximum Gasteiger partial charge on any atom is 0.230 e. The van der Waals surface area contributed by atoms with Gasteiger partial charge in [0.15, 0.2) is 5.76 Å². The Morgan fingerprint density at radius 2 is 1.81 bits per heavy atom. The number of aromatic nitrogens is 1. The van der Waals surface area contributed by atoms with Gasteiger partial charge in [0.25, 0.3) is 0 Å². The molecule has 0 spiro atoms. The van der Waals surface area contributed by atoms with Gasteiger partial charge in [0.1, 0.15) is 5.58 Å². The van der Waals surface area contributed by atoms with E-state index in [4.69, 9.17) is 8.94 Å². The fourth-order valence-corrected chi connectivity index (χ4v) is 2.83. The summed E-state index contributed by atoms with van der Waals surface area (Å²) in [6, 6.07) is 19.0. The Morgan fingerprint density at radius 3 is 2.56 bits per heavy atom. The minimum atomic E-state index is -0.156. The number of anilines is 2. The third kappa shape index (κ3) is 3.69. The van der Waals surface area contributed by atoms with Crippen LogP contribution < -0.4 is 10.2 Å². The number of fused-ring (bicyclic) bond motifs is 1. The first kappa shape index (κ1) is 16.9. The van der Waals surface area contributed by atoms with Gasteiger partial charge < -0.3 is 19.2 Å². The van der Waals surface area contributed by atoms with Gasteiger partial charge in [-0.2, -0.15) is 0 Å². The van der Waals surface area contributed by atoms with Crippen molar-refractivity contribution in [2.24, 2.45) is 0 Å². The molecule has 6 nitrogen and oxygen atoms in total. The molecule has 0 aliphatic rings. The molecule has 0 saturated carbocycles. The molecular formula is C21H19N3O3. The lowest BCUT2D eigenvalue weighted by Crippen LogP contribution is -2.15. The summed E-state index contributed by atoms with van der Waals surface area (Å²) in [6.45, 7) is 0. The van der Waals surface area contributed by atoms with Crippen LogP contribution in [0.5, 0.6) is 0 Å². The topological polar surface area (TPSA) is 71.5 Å². The molecule has 0 aliphatic heterocycles. The minimum absolute atomic E-state index is 0.124. The van der Waals surface area contributed by atoms with Crippen molar-refractivity contribution in [3.05, 3.63) is 66.4 Å². The van der Waals surface area contributed by atoms with Gasteiger partial charge in [0.2, 0.25) is 11.7 Å². The summed E-state index contributed by atoms with van der Waals surface area (Å²) in [5.41, 5.74) is 3.14. The Labute approximate surface area is 156 Å². The number of nitrogens with zero attached hydrogens (tertiary/aromatic N) is 2. The van der Waals surface area contributed by atoms with Crippen LogP contribution in [0.15, 0.2) is 69.6 Å². The molecule has 0 fully saturated rings. The molecule has 2 heterocycles. The summed E-state index contributed by atoms with van der Waals surface area (Å²) in [4.78, 5) is 14.3. The van der Waals surface area contributed by atoms with Gasteiger partial charge in [-0.3, -0.25) is 4.79 Å². The quantitative estimate of drug-likeness (QED) is 0.573. The van der Waals surface area contributed by atoms with Crippen LogP contribution in [0.1, 0.15) is 5.69 Å². The van der Waals surface area contributed by atoms with Crippen LogP contribution in [-0.4, -0.2) is 25.2 Å². The standard InChI is InChI=1S/C21H19N3O3/c1-24(2)17-9-7-15(8-10-17)22-21(25)13-16-12-20(27-23-16)19-11-14-5-3-4-6-18(14)26-19/h3-12H,13H2,1-2H3,(H,22,25). The second-order valence-corrected chi connectivity index (χ2v) is 6.50. The average molecular weight is 361 g/mol. The van der Waals surface area contributed by atoms with Crippen LogP contribution in [-0.2, 0) is 11.2 Å². The van der Waals surface area contributed by atoms with E-state index in [1.807, 2.05) is 73.6 Å². The van der Waals surface area contributed by atoms with Crippen molar-refractivity contribution in [2.75, 3.05) is 24.3 Å². The predicted molar refractivity (Wildman–Crippen MR) is 105 cm³/mol. The van der Waals surface area contributed by atoms with Crippen LogP contribution in [0.3, 0.4) is 0 Å². The van der Waals surface area contributed by atoms with Crippen molar-refractivity contribution in [1.82, 2.24) is 5.16 Å². The number of carbonyl (C=O) groups is 1. The van der Waals surface area contributed by atoms with E-state index in [1.165, 1.54) is 0 Å².